The fourth-order valence-electron chi connectivity index (χ4n) is 4.37. The van der Waals surface area contributed by atoms with Gasteiger partial charge < -0.3 is 14.8 Å². The highest BCUT2D eigenvalue weighted by molar-refractivity contribution is 7.89. The van der Waals surface area contributed by atoms with Crippen molar-refractivity contribution in [1.29, 1.82) is 0 Å². The third-order valence-corrected chi connectivity index (χ3v) is 8.34. The number of aryl methyl sites for hydroxylation is 1. The molecule has 2 saturated heterocycles. The SMILES string of the molecule is CCN(CC)S(=O)(=O)c1ccc(C)c(C(=O)NCC(C2CCOC2)N2CCOCC2)c1. The summed E-state index contributed by atoms with van der Waals surface area (Å²) in [6, 6.07) is 4.96. The molecule has 0 aliphatic carbocycles. The van der Waals surface area contributed by atoms with Crippen LogP contribution in [0, 0.1) is 12.8 Å². The Morgan fingerprint density at radius 1 is 1.19 bits per heavy atom. The summed E-state index contributed by atoms with van der Waals surface area (Å²) < 4.78 is 38.3. The molecule has 2 fully saturated rings. The fraction of sp³-hybridized carbons (Fsp3) is 0.682. The minimum absolute atomic E-state index is 0.154. The van der Waals surface area contributed by atoms with E-state index in [0.717, 1.165) is 31.7 Å². The number of nitrogens with one attached hydrogen (secondary N) is 1. The number of nitrogens with zero attached hydrogens (tertiary/aromatic N) is 2. The van der Waals surface area contributed by atoms with Crippen molar-refractivity contribution in [2.24, 2.45) is 5.92 Å². The molecule has 9 heteroatoms. The molecular formula is C22H35N3O5S. The van der Waals surface area contributed by atoms with Gasteiger partial charge in [-0.25, -0.2) is 8.42 Å². The van der Waals surface area contributed by atoms with Gasteiger partial charge in [0.25, 0.3) is 5.91 Å². The average molecular weight is 454 g/mol. The van der Waals surface area contributed by atoms with Crippen molar-refractivity contribution in [2.45, 2.75) is 38.1 Å². The van der Waals surface area contributed by atoms with Gasteiger partial charge >= 0.3 is 0 Å². The first-order valence-electron chi connectivity index (χ1n) is 11.2. The number of ether oxygens (including phenoxy) is 2. The predicted molar refractivity (Wildman–Crippen MR) is 119 cm³/mol. The van der Waals surface area contributed by atoms with Crippen LogP contribution in [-0.2, 0) is 19.5 Å². The topological polar surface area (TPSA) is 88.2 Å². The van der Waals surface area contributed by atoms with Gasteiger partial charge in [0.1, 0.15) is 0 Å². The highest BCUT2D eigenvalue weighted by Crippen LogP contribution is 2.23. The maximum absolute atomic E-state index is 13.1. The van der Waals surface area contributed by atoms with Gasteiger partial charge in [-0.05, 0) is 31.0 Å². The monoisotopic (exact) mass is 453 g/mol. The lowest BCUT2D eigenvalue weighted by atomic mass is 9.96. The molecule has 31 heavy (non-hydrogen) atoms. The van der Waals surface area contributed by atoms with Gasteiger partial charge in [0.2, 0.25) is 10.0 Å². The molecule has 1 amide bonds. The number of carbonyl (C=O) groups excluding carboxylic acids is 1. The highest BCUT2D eigenvalue weighted by atomic mass is 32.2. The van der Waals surface area contributed by atoms with Crippen molar-refractivity contribution in [1.82, 2.24) is 14.5 Å². The normalized spacial score (nSPS) is 21.4. The number of hydrogen-bond acceptors (Lipinski definition) is 6. The Hall–Kier alpha value is -1.52. The molecule has 0 saturated carbocycles. The molecule has 2 unspecified atom stereocenters. The summed E-state index contributed by atoms with van der Waals surface area (Å²) in [6.07, 6.45) is 0.981. The Kier molecular flexibility index (Phi) is 8.46. The van der Waals surface area contributed by atoms with E-state index in [0.29, 0.717) is 50.9 Å². The number of hydrogen-bond donors (Lipinski definition) is 1. The lowest BCUT2D eigenvalue weighted by Crippen LogP contribution is -2.52. The van der Waals surface area contributed by atoms with Crippen molar-refractivity contribution < 1.29 is 22.7 Å². The van der Waals surface area contributed by atoms with E-state index in [9.17, 15) is 13.2 Å². The van der Waals surface area contributed by atoms with Gasteiger partial charge in [0.15, 0.2) is 0 Å². The number of benzene rings is 1. The molecule has 0 aromatic heterocycles. The van der Waals surface area contributed by atoms with E-state index < -0.39 is 10.0 Å². The maximum atomic E-state index is 13.1. The molecule has 1 aromatic rings. The maximum Gasteiger partial charge on any atom is 0.251 e. The zero-order valence-electron chi connectivity index (χ0n) is 18.8. The zero-order valence-corrected chi connectivity index (χ0v) is 19.6. The van der Waals surface area contributed by atoms with Crippen molar-refractivity contribution in [3.63, 3.8) is 0 Å². The summed E-state index contributed by atoms with van der Waals surface area (Å²) in [5.41, 5.74) is 1.15. The van der Waals surface area contributed by atoms with Crippen LogP contribution in [0.25, 0.3) is 0 Å². The van der Waals surface area contributed by atoms with Crippen LogP contribution in [0.5, 0.6) is 0 Å². The summed E-state index contributed by atoms with van der Waals surface area (Å²) in [4.78, 5) is 15.6. The molecule has 0 radical (unpaired) electrons. The van der Waals surface area contributed by atoms with E-state index in [-0.39, 0.29) is 16.8 Å². The van der Waals surface area contributed by atoms with Gasteiger partial charge in [-0.15, -0.1) is 0 Å². The van der Waals surface area contributed by atoms with Crippen LogP contribution in [0.3, 0.4) is 0 Å². The quantitative estimate of drug-likeness (QED) is 0.610. The molecule has 0 bridgehead atoms. The first-order valence-corrected chi connectivity index (χ1v) is 12.6. The van der Waals surface area contributed by atoms with Crippen molar-refractivity contribution in [3.05, 3.63) is 29.3 Å². The number of rotatable bonds is 9. The van der Waals surface area contributed by atoms with Crippen LogP contribution in [0.4, 0.5) is 0 Å². The van der Waals surface area contributed by atoms with Crippen LogP contribution < -0.4 is 5.32 Å². The van der Waals surface area contributed by atoms with Crippen molar-refractivity contribution in [3.8, 4) is 0 Å². The van der Waals surface area contributed by atoms with Gasteiger partial charge in [0, 0.05) is 56.9 Å². The number of morpholine rings is 1. The minimum Gasteiger partial charge on any atom is -0.381 e. The van der Waals surface area contributed by atoms with Crippen LogP contribution in [0.2, 0.25) is 0 Å². The lowest BCUT2D eigenvalue weighted by Gasteiger charge is -2.37. The zero-order chi connectivity index (χ0) is 22.4. The van der Waals surface area contributed by atoms with Crippen LogP contribution in [0.1, 0.15) is 36.2 Å². The van der Waals surface area contributed by atoms with Crippen LogP contribution in [-0.4, -0.2) is 88.7 Å². The average Bonchev–Trinajstić information content (AvgIpc) is 3.30. The summed E-state index contributed by atoms with van der Waals surface area (Å²) in [6.45, 7) is 11.2. The Bertz CT molecular complexity index is 845. The molecule has 3 rings (SSSR count). The van der Waals surface area contributed by atoms with Gasteiger partial charge in [-0.1, -0.05) is 19.9 Å². The fourth-order valence-corrected chi connectivity index (χ4v) is 5.86. The Morgan fingerprint density at radius 3 is 2.52 bits per heavy atom. The van der Waals surface area contributed by atoms with Crippen molar-refractivity contribution >= 4 is 15.9 Å². The third kappa shape index (κ3) is 5.64. The molecule has 174 valence electrons. The van der Waals surface area contributed by atoms with E-state index in [4.69, 9.17) is 9.47 Å². The van der Waals surface area contributed by atoms with E-state index >= 15 is 0 Å². The van der Waals surface area contributed by atoms with E-state index in [1.54, 1.807) is 26.0 Å². The Labute approximate surface area is 185 Å². The molecule has 1 aromatic carbocycles. The second kappa shape index (κ2) is 10.9. The van der Waals surface area contributed by atoms with E-state index in [2.05, 4.69) is 10.2 Å². The highest BCUT2D eigenvalue weighted by Gasteiger charge is 2.32. The minimum atomic E-state index is -3.62. The van der Waals surface area contributed by atoms with E-state index in [1.165, 1.54) is 10.4 Å². The van der Waals surface area contributed by atoms with Gasteiger partial charge in [0.05, 0.1) is 24.7 Å². The summed E-state index contributed by atoms with van der Waals surface area (Å²) in [5.74, 6) is 0.125. The summed E-state index contributed by atoms with van der Waals surface area (Å²) in [7, 11) is -3.62. The molecular weight excluding hydrogens is 418 g/mol. The summed E-state index contributed by atoms with van der Waals surface area (Å²) in [5, 5.41) is 3.06. The smallest absolute Gasteiger partial charge is 0.251 e. The largest absolute Gasteiger partial charge is 0.381 e. The first kappa shape index (κ1) is 24.1. The Morgan fingerprint density at radius 2 is 1.90 bits per heavy atom. The Balaban J connectivity index is 1.75. The predicted octanol–water partition coefficient (Wildman–Crippen LogP) is 1.49. The first-order chi connectivity index (χ1) is 14.9. The van der Waals surface area contributed by atoms with Gasteiger partial charge in [-0.2, -0.15) is 4.31 Å². The third-order valence-electron chi connectivity index (χ3n) is 6.29. The number of sulfonamides is 1. The molecule has 1 N–H and O–H groups in total. The molecule has 2 aliphatic rings. The van der Waals surface area contributed by atoms with Crippen LogP contribution >= 0.6 is 0 Å². The van der Waals surface area contributed by atoms with Gasteiger partial charge in [-0.3, -0.25) is 9.69 Å². The molecule has 0 spiro atoms. The molecule has 2 heterocycles. The number of amides is 1. The molecule has 2 aliphatic heterocycles. The van der Waals surface area contributed by atoms with E-state index in [1.807, 2.05) is 6.92 Å². The number of carbonyl (C=O) groups is 1. The van der Waals surface area contributed by atoms with Crippen molar-refractivity contribution in [2.75, 3.05) is 59.2 Å². The second-order valence-electron chi connectivity index (χ2n) is 8.12. The summed E-state index contributed by atoms with van der Waals surface area (Å²) >= 11 is 0. The molecule has 2 atom stereocenters. The standard InChI is InChI=1S/C22H35N3O5S/c1-4-25(5-2)31(27,28)19-7-6-17(3)20(14-19)22(26)23-15-21(18-8-11-30-16-18)24-9-12-29-13-10-24/h6-7,14,18,21H,4-5,8-13,15-16H2,1-3H3,(H,23,26). The second-order valence-corrected chi connectivity index (χ2v) is 10.1. The van der Waals surface area contributed by atoms with Crippen LogP contribution in [0.15, 0.2) is 23.1 Å². The lowest BCUT2D eigenvalue weighted by molar-refractivity contribution is 0.00166. The molecule has 8 nitrogen and oxygen atoms in total.